The molecular formula is C24H22O6. The number of carboxylic acids is 1. The molecule has 6 nitrogen and oxygen atoms in total. The van der Waals surface area contributed by atoms with Crippen LogP contribution in [-0.2, 0) is 15.0 Å². The van der Waals surface area contributed by atoms with Gasteiger partial charge in [-0.15, -0.1) is 0 Å². The second-order valence-electron chi connectivity index (χ2n) is 7.11. The molecule has 30 heavy (non-hydrogen) atoms. The maximum absolute atomic E-state index is 11.8. The van der Waals surface area contributed by atoms with Crippen LogP contribution >= 0.6 is 0 Å². The monoisotopic (exact) mass is 406 g/mol. The van der Waals surface area contributed by atoms with Gasteiger partial charge in [0.05, 0.1) is 12.8 Å². The van der Waals surface area contributed by atoms with Crippen molar-refractivity contribution in [2.75, 3.05) is 0 Å². The summed E-state index contributed by atoms with van der Waals surface area (Å²) in [7, 11) is 0. The molecule has 0 aliphatic heterocycles. The number of phenolic OH excluding ortho intramolecular Hbond substituents is 2. The van der Waals surface area contributed by atoms with E-state index in [0.717, 1.165) is 16.7 Å². The number of hydrogen-bond acceptors (Lipinski definition) is 5. The fourth-order valence-electron chi connectivity index (χ4n) is 3.34. The molecule has 0 aromatic heterocycles. The molecule has 3 N–H and O–H groups in total. The van der Waals surface area contributed by atoms with E-state index >= 15 is 0 Å². The molecule has 6 heteroatoms. The lowest BCUT2D eigenvalue weighted by atomic mass is 9.71. The van der Waals surface area contributed by atoms with Crippen LogP contribution in [0.3, 0.4) is 0 Å². The molecule has 0 bridgehead atoms. The van der Waals surface area contributed by atoms with Crippen molar-refractivity contribution in [2.24, 2.45) is 0 Å². The molecule has 0 saturated carbocycles. The van der Waals surface area contributed by atoms with Crippen LogP contribution in [0.25, 0.3) is 0 Å². The minimum Gasteiger partial charge on any atom is -0.508 e. The van der Waals surface area contributed by atoms with Crippen LogP contribution in [0.2, 0.25) is 0 Å². The third kappa shape index (κ3) is 4.60. The van der Waals surface area contributed by atoms with E-state index in [4.69, 9.17) is 9.84 Å². The molecule has 0 amide bonds. The summed E-state index contributed by atoms with van der Waals surface area (Å²) >= 11 is 0. The molecular weight excluding hydrogens is 384 g/mol. The van der Waals surface area contributed by atoms with Crippen molar-refractivity contribution in [2.45, 2.75) is 25.2 Å². The first-order valence-electron chi connectivity index (χ1n) is 9.41. The van der Waals surface area contributed by atoms with E-state index in [1.54, 1.807) is 36.4 Å². The van der Waals surface area contributed by atoms with E-state index in [2.05, 4.69) is 0 Å². The van der Waals surface area contributed by atoms with E-state index in [-0.39, 0.29) is 24.3 Å². The first-order valence-corrected chi connectivity index (χ1v) is 9.41. The maximum Gasteiger partial charge on any atom is 0.311 e. The van der Waals surface area contributed by atoms with Gasteiger partial charge in [0.2, 0.25) is 0 Å². The molecule has 0 saturated heterocycles. The zero-order valence-corrected chi connectivity index (χ0v) is 16.4. The van der Waals surface area contributed by atoms with Gasteiger partial charge in [-0.05, 0) is 60.0 Å². The van der Waals surface area contributed by atoms with E-state index in [0.29, 0.717) is 5.75 Å². The number of carbonyl (C=O) groups is 2. The smallest absolute Gasteiger partial charge is 0.311 e. The van der Waals surface area contributed by atoms with Crippen molar-refractivity contribution < 1.29 is 29.6 Å². The fourth-order valence-corrected chi connectivity index (χ4v) is 3.34. The molecule has 0 radical (unpaired) electrons. The SMILES string of the molecule is CC(c1ccc(O)cc1)(c1ccc(O)cc1)c1ccc(OC(=O)CCC(=O)O)cc1. The van der Waals surface area contributed by atoms with Crippen molar-refractivity contribution in [1.29, 1.82) is 0 Å². The topological polar surface area (TPSA) is 104 Å². The first-order chi connectivity index (χ1) is 14.3. The molecule has 0 aliphatic carbocycles. The van der Waals surface area contributed by atoms with Gasteiger partial charge in [0, 0.05) is 5.41 Å². The Morgan fingerprint density at radius 1 is 0.733 bits per heavy atom. The van der Waals surface area contributed by atoms with E-state index < -0.39 is 17.4 Å². The number of aliphatic carboxylic acids is 1. The quantitative estimate of drug-likeness (QED) is 0.308. The summed E-state index contributed by atoms with van der Waals surface area (Å²) in [6, 6.07) is 20.8. The molecule has 0 atom stereocenters. The van der Waals surface area contributed by atoms with Gasteiger partial charge in [-0.1, -0.05) is 36.4 Å². The summed E-state index contributed by atoms with van der Waals surface area (Å²) in [6.07, 6.45) is -0.480. The first kappa shape index (κ1) is 20.9. The van der Waals surface area contributed by atoms with Crippen LogP contribution in [0.15, 0.2) is 72.8 Å². The summed E-state index contributed by atoms with van der Waals surface area (Å²) in [6.45, 7) is 2.03. The minimum absolute atomic E-state index is 0.162. The van der Waals surface area contributed by atoms with Gasteiger partial charge in [0.1, 0.15) is 17.2 Å². The summed E-state index contributed by atoms with van der Waals surface area (Å²) in [4.78, 5) is 22.4. The zero-order chi connectivity index (χ0) is 21.7. The second-order valence-corrected chi connectivity index (χ2v) is 7.11. The molecule has 3 aromatic rings. The average molecular weight is 406 g/mol. The highest BCUT2D eigenvalue weighted by Crippen LogP contribution is 2.40. The molecule has 0 spiro atoms. The highest BCUT2D eigenvalue weighted by Gasteiger charge is 2.31. The Labute approximate surface area is 174 Å². The van der Waals surface area contributed by atoms with Gasteiger partial charge in [0.25, 0.3) is 0 Å². The number of esters is 1. The standard InChI is InChI=1S/C24H22O6/c1-24(16-2-8-19(25)9-3-16,17-4-10-20(26)11-5-17)18-6-12-21(13-7-18)30-23(29)15-14-22(27)28/h2-13,25-26H,14-15H2,1H3,(H,27,28). The lowest BCUT2D eigenvalue weighted by Gasteiger charge is -2.32. The number of phenols is 2. The number of carboxylic acid groups (broad SMARTS) is 1. The van der Waals surface area contributed by atoms with Crippen LogP contribution in [-0.4, -0.2) is 27.3 Å². The molecule has 3 aromatic carbocycles. The number of aromatic hydroxyl groups is 2. The fraction of sp³-hybridized carbons (Fsp3) is 0.167. The normalized spacial score (nSPS) is 11.1. The lowest BCUT2D eigenvalue weighted by Crippen LogP contribution is -2.25. The minimum atomic E-state index is -1.05. The Balaban J connectivity index is 1.94. The maximum atomic E-state index is 11.8. The average Bonchev–Trinajstić information content (AvgIpc) is 2.73. The third-order valence-electron chi connectivity index (χ3n) is 5.10. The summed E-state index contributed by atoms with van der Waals surface area (Å²) < 4.78 is 5.21. The lowest BCUT2D eigenvalue weighted by molar-refractivity contribution is -0.142. The van der Waals surface area contributed by atoms with Gasteiger partial charge in [-0.2, -0.15) is 0 Å². The van der Waals surface area contributed by atoms with Crippen LogP contribution in [0.1, 0.15) is 36.5 Å². The van der Waals surface area contributed by atoms with Gasteiger partial charge < -0.3 is 20.1 Å². The Morgan fingerprint density at radius 2 is 1.13 bits per heavy atom. The number of rotatable bonds is 7. The predicted molar refractivity (Wildman–Crippen MR) is 111 cm³/mol. The third-order valence-corrected chi connectivity index (χ3v) is 5.10. The molecule has 0 unspecified atom stereocenters. The highest BCUT2D eigenvalue weighted by molar-refractivity contribution is 5.78. The van der Waals surface area contributed by atoms with E-state index in [1.807, 2.05) is 43.3 Å². The number of ether oxygens (including phenoxy) is 1. The molecule has 3 rings (SSSR count). The molecule has 0 aliphatic rings. The van der Waals surface area contributed by atoms with Gasteiger partial charge in [-0.25, -0.2) is 0 Å². The van der Waals surface area contributed by atoms with E-state index in [9.17, 15) is 19.8 Å². The highest BCUT2D eigenvalue weighted by atomic mass is 16.5. The Hall–Kier alpha value is -3.80. The van der Waals surface area contributed by atoms with Crippen molar-refractivity contribution in [3.63, 3.8) is 0 Å². The van der Waals surface area contributed by atoms with Crippen molar-refractivity contribution >= 4 is 11.9 Å². The van der Waals surface area contributed by atoms with Crippen molar-refractivity contribution in [3.8, 4) is 17.2 Å². The second kappa shape index (κ2) is 8.69. The van der Waals surface area contributed by atoms with Gasteiger partial charge in [-0.3, -0.25) is 9.59 Å². The number of benzene rings is 3. The van der Waals surface area contributed by atoms with Crippen molar-refractivity contribution in [3.05, 3.63) is 89.5 Å². The predicted octanol–water partition coefficient (Wildman–Crippen LogP) is 4.22. The molecule has 0 heterocycles. The zero-order valence-electron chi connectivity index (χ0n) is 16.4. The van der Waals surface area contributed by atoms with Crippen LogP contribution in [0.4, 0.5) is 0 Å². The van der Waals surface area contributed by atoms with Crippen LogP contribution in [0, 0.1) is 0 Å². The largest absolute Gasteiger partial charge is 0.508 e. The summed E-state index contributed by atoms with van der Waals surface area (Å²) in [5, 5.41) is 28.0. The summed E-state index contributed by atoms with van der Waals surface area (Å²) in [5.41, 5.74) is 2.16. The Bertz CT molecular complexity index is 975. The van der Waals surface area contributed by atoms with Crippen LogP contribution in [0.5, 0.6) is 17.2 Å². The Kier molecular flexibility index (Phi) is 6.06. The van der Waals surface area contributed by atoms with Crippen LogP contribution < -0.4 is 4.74 Å². The molecule has 0 fully saturated rings. The van der Waals surface area contributed by atoms with E-state index in [1.165, 1.54) is 0 Å². The Morgan fingerprint density at radius 3 is 1.53 bits per heavy atom. The van der Waals surface area contributed by atoms with Gasteiger partial charge in [0.15, 0.2) is 0 Å². The number of hydrogen-bond donors (Lipinski definition) is 3. The molecule has 154 valence electrons. The number of carbonyl (C=O) groups excluding carboxylic acids is 1. The van der Waals surface area contributed by atoms with Gasteiger partial charge >= 0.3 is 11.9 Å². The van der Waals surface area contributed by atoms with Crippen molar-refractivity contribution in [1.82, 2.24) is 0 Å². The summed E-state index contributed by atoms with van der Waals surface area (Å²) in [5.74, 6) is -1.01.